The number of methoxy groups -OCH3 is 2. The van der Waals surface area contributed by atoms with Gasteiger partial charge in [0.1, 0.15) is 0 Å². The van der Waals surface area contributed by atoms with Gasteiger partial charge in [0.05, 0.1) is 30.4 Å². The summed E-state index contributed by atoms with van der Waals surface area (Å²) in [6.45, 7) is 21.5. The van der Waals surface area contributed by atoms with E-state index in [0.29, 0.717) is 11.8 Å². The van der Waals surface area contributed by atoms with Crippen LogP contribution in [0.1, 0.15) is 44.2 Å². The highest BCUT2D eigenvalue weighted by atomic mass is 28.3. The zero-order valence-corrected chi connectivity index (χ0v) is 21.5. The molecule has 0 fully saturated rings. The molecule has 0 spiro atoms. The van der Waals surface area contributed by atoms with Crippen molar-refractivity contribution in [2.75, 3.05) is 14.2 Å². The van der Waals surface area contributed by atoms with Crippen LogP contribution in [0, 0.1) is 5.92 Å². The molecule has 1 aromatic rings. The summed E-state index contributed by atoms with van der Waals surface area (Å²) >= 11 is 0. The predicted octanol–water partition coefficient (Wildman–Crippen LogP) is 5.43. The number of ether oxygens (including phenoxy) is 2. The third kappa shape index (κ3) is 4.37. The highest BCUT2D eigenvalue weighted by Gasteiger charge is 2.40. The van der Waals surface area contributed by atoms with Gasteiger partial charge in [-0.1, -0.05) is 57.9 Å². The van der Waals surface area contributed by atoms with Gasteiger partial charge in [-0.15, -0.1) is 0 Å². The lowest BCUT2D eigenvalue weighted by molar-refractivity contribution is 0.357. The SMILES string of the molecule is COc1c(OC)c([Si](C)(C)C)c2c(c1[Si](C)(C)C)C[C@@H](C)C[C@@H]2C=C(C)C. The highest BCUT2D eigenvalue weighted by molar-refractivity contribution is 6.92. The van der Waals surface area contributed by atoms with Crippen LogP contribution in [-0.2, 0) is 6.42 Å². The molecule has 0 saturated carbocycles. The van der Waals surface area contributed by atoms with Gasteiger partial charge in [-0.3, -0.25) is 0 Å². The van der Waals surface area contributed by atoms with Crippen LogP contribution < -0.4 is 19.8 Å². The molecule has 0 radical (unpaired) electrons. The quantitative estimate of drug-likeness (QED) is 0.481. The zero-order chi connectivity index (χ0) is 20.7. The van der Waals surface area contributed by atoms with Crippen molar-refractivity contribution in [3.63, 3.8) is 0 Å². The number of rotatable bonds is 5. The van der Waals surface area contributed by atoms with E-state index < -0.39 is 16.1 Å². The van der Waals surface area contributed by atoms with Gasteiger partial charge in [0.15, 0.2) is 11.5 Å². The van der Waals surface area contributed by atoms with Crippen molar-refractivity contribution in [1.29, 1.82) is 0 Å². The van der Waals surface area contributed by atoms with Crippen molar-refractivity contribution in [1.82, 2.24) is 0 Å². The second-order valence-electron chi connectivity index (χ2n) is 10.6. The van der Waals surface area contributed by atoms with E-state index in [2.05, 4.69) is 66.1 Å². The average Bonchev–Trinajstić information content (AvgIpc) is 2.49. The van der Waals surface area contributed by atoms with E-state index in [-0.39, 0.29) is 0 Å². The van der Waals surface area contributed by atoms with Crippen molar-refractivity contribution < 1.29 is 9.47 Å². The van der Waals surface area contributed by atoms with Crippen molar-refractivity contribution >= 4 is 26.5 Å². The lowest BCUT2D eigenvalue weighted by Gasteiger charge is -2.39. The fourth-order valence-electron chi connectivity index (χ4n) is 4.86. The molecule has 0 aliphatic heterocycles. The van der Waals surface area contributed by atoms with Crippen LogP contribution in [0.25, 0.3) is 0 Å². The van der Waals surface area contributed by atoms with E-state index >= 15 is 0 Å². The Morgan fingerprint density at radius 2 is 1.37 bits per heavy atom. The van der Waals surface area contributed by atoms with Gasteiger partial charge in [0, 0.05) is 5.92 Å². The fraction of sp³-hybridized carbons (Fsp3) is 0.652. The summed E-state index contributed by atoms with van der Waals surface area (Å²) < 4.78 is 12.2. The van der Waals surface area contributed by atoms with Gasteiger partial charge in [0.25, 0.3) is 0 Å². The van der Waals surface area contributed by atoms with Crippen LogP contribution in [0.15, 0.2) is 11.6 Å². The second-order valence-corrected chi connectivity index (χ2v) is 20.6. The maximum absolute atomic E-state index is 6.09. The first-order valence-electron chi connectivity index (χ1n) is 10.3. The van der Waals surface area contributed by atoms with E-state index in [0.717, 1.165) is 11.5 Å². The van der Waals surface area contributed by atoms with Crippen LogP contribution >= 0.6 is 0 Å². The minimum absolute atomic E-state index is 0.491. The van der Waals surface area contributed by atoms with Crippen LogP contribution in [-0.4, -0.2) is 30.4 Å². The van der Waals surface area contributed by atoms with Crippen molar-refractivity contribution in [2.24, 2.45) is 5.92 Å². The van der Waals surface area contributed by atoms with Crippen LogP contribution in [0.5, 0.6) is 11.5 Å². The lowest BCUT2D eigenvalue weighted by atomic mass is 9.76. The first-order valence-corrected chi connectivity index (χ1v) is 17.3. The fourth-order valence-corrected chi connectivity index (χ4v) is 8.94. The Balaban J connectivity index is 3.08. The van der Waals surface area contributed by atoms with Gasteiger partial charge in [-0.25, -0.2) is 0 Å². The molecule has 4 heteroatoms. The lowest BCUT2D eigenvalue weighted by Crippen LogP contribution is -2.50. The Bertz CT molecular complexity index is 732. The molecule has 0 N–H and O–H groups in total. The smallest absolute Gasteiger partial charge is 0.160 e. The molecule has 1 aromatic carbocycles. The number of hydrogen-bond donors (Lipinski definition) is 0. The van der Waals surface area contributed by atoms with E-state index in [1.807, 2.05) is 14.2 Å². The summed E-state index contributed by atoms with van der Waals surface area (Å²) in [4.78, 5) is 0. The third-order valence-electron chi connectivity index (χ3n) is 5.58. The Kier molecular flexibility index (Phi) is 6.42. The average molecular weight is 405 g/mol. The Morgan fingerprint density at radius 3 is 1.78 bits per heavy atom. The summed E-state index contributed by atoms with van der Waals surface area (Å²) in [5.41, 5.74) is 4.58. The number of fused-ring (bicyclic) bond motifs is 1. The molecule has 1 aliphatic rings. The minimum atomic E-state index is -1.64. The van der Waals surface area contributed by atoms with Gasteiger partial charge in [-0.2, -0.15) is 0 Å². The molecule has 2 atom stereocenters. The molecule has 2 nitrogen and oxygen atoms in total. The van der Waals surface area contributed by atoms with Gasteiger partial charge in [-0.05, 0) is 54.1 Å². The third-order valence-corrected chi connectivity index (χ3v) is 9.60. The molecular weight excluding hydrogens is 364 g/mol. The predicted molar refractivity (Wildman–Crippen MR) is 125 cm³/mol. The molecule has 0 bridgehead atoms. The summed E-state index contributed by atoms with van der Waals surface area (Å²) in [6, 6.07) is 0. The molecule has 0 amide bonds. The monoisotopic (exact) mass is 404 g/mol. The molecular formula is C23H40O2Si2. The van der Waals surface area contributed by atoms with Gasteiger partial charge < -0.3 is 9.47 Å². The van der Waals surface area contributed by atoms with Crippen LogP contribution in [0.2, 0.25) is 39.3 Å². The molecule has 0 aromatic heterocycles. The highest BCUT2D eigenvalue weighted by Crippen LogP contribution is 2.42. The first kappa shape index (κ1) is 22.3. The number of hydrogen-bond acceptors (Lipinski definition) is 2. The van der Waals surface area contributed by atoms with Gasteiger partial charge in [0.2, 0.25) is 0 Å². The van der Waals surface area contributed by atoms with E-state index in [4.69, 9.17) is 9.47 Å². The van der Waals surface area contributed by atoms with E-state index in [1.54, 1.807) is 11.1 Å². The summed E-state index contributed by atoms with van der Waals surface area (Å²) in [7, 11) is 0.385. The Hall–Kier alpha value is -1.01. The van der Waals surface area contributed by atoms with Crippen molar-refractivity contribution in [2.45, 2.75) is 78.8 Å². The first-order chi connectivity index (χ1) is 12.3. The van der Waals surface area contributed by atoms with Crippen LogP contribution in [0.3, 0.4) is 0 Å². The molecule has 152 valence electrons. The Morgan fingerprint density at radius 1 is 0.889 bits per heavy atom. The standard InChI is InChI=1S/C23H40O2Si2/c1-15(2)12-17-13-16(3)14-18-19(17)23(27(9,10)11)21(25-5)20(24-4)22(18)26(6,7)8/h12,16-17H,13-14H2,1-11H3/t16-,17-/m0/s1. The molecule has 0 unspecified atom stereocenters. The van der Waals surface area contributed by atoms with Crippen molar-refractivity contribution in [3.05, 3.63) is 22.8 Å². The molecule has 2 rings (SSSR count). The largest absolute Gasteiger partial charge is 0.493 e. The minimum Gasteiger partial charge on any atom is -0.493 e. The summed E-state index contributed by atoms with van der Waals surface area (Å²) in [5, 5.41) is 2.96. The Labute approximate surface area is 169 Å². The van der Waals surface area contributed by atoms with Crippen LogP contribution in [0.4, 0.5) is 0 Å². The van der Waals surface area contributed by atoms with Crippen molar-refractivity contribution in [3.8, 4) is 11.5 Å². The summed E-state index contributed by atoms with van der Waals surface area (Å²) in [5.74, 6) is 3.23. The van der Waals surface area contributed by atoms with E-state index in [9.17, 15) is 0 Å². The van der Waals surface area contributed by atoms with Gasteiger partial charge >= 0.3 is 0 Å². The van der Waals surface area contributed by atoms with E-state index in [1.165, 1.54) is 28.8 Å². The second kappa shape index (κ2) is 7.78. The molecule has 27 heavy (non-hydrogen) atoms. The number of allylic oxidation sites excluding steroid dienone is 2. The molecule has 0 saturated heterocycles. The topological polar surface area (TPSA) is 18.5 Å². The normalized spacial score (nSPS) is 20.1. The number of benzene rings is 1. The maximum atomic E-state index is 6.09. The zero-order valence-electron chi connectivity index (χ0n) is 19.5. The molecule has 0 heterocycles. The molecule has 1 aliphatic carbocycles. The summed E-state index contributed by atoms with van der Waals surface area (Å²) in [6.07, 6.45) is 4.90. The maximum Gasteiger partial charge on any atom is 0.160 e.